The van der Waals surface area contributed by atoms with E-state index in [4.69, 9.17) is 4.74 Å². The molecule has 0 saturated heterocycles. The number of rotatable bonds is 1. The average Bonchev–Trinajstić information content (AvgIpc) is 2.84. The summed E-state index contributed by atoms with van der Waals surface area (Å²) in [5, 5.41) is 0. The first-order valence-electron chi connectivity index (χ1n) is 13.2. The molecule has 0 unspecified atom stereocenters. The van der Waals surface area contributed by atoms with Crippen LogP contribution in [0.3, 0.4) is 0 Å². The molecule has 0 saturated carbocycles. The zero-order valence-electron chi connectivity index (χ0n) is 24.7. The highest BCUT2D eigenvalue weighted by Gasteiger charge is 2.27. The topological polar surface area (TPSA) is 9.23 Å². The van der Waals surface area contributed by atoms with Gasteiger partial charge in [-0.3, -0.25) is 0 Å². The molecular formula is C36H40OSi. The molecule has 0 amide bonds. The lowest BCUT2D eigenvalue weighted by Gasteiger charge is -2.29. The normalized spacial score (nSPS) is 11.3. The third kappa shape index (κ3) is 8.18. The first-order chi connectivity index (χ1) is 17.7. The Morgan fingerprint density at radius 1 is 0.526 bits per heavy atom. The summed E-state index contributed by atoms with van der Waals surface area (Å²) >= 11 is 0. The molecule has 0 aliphatic heterocycles. The molecule has 0 radical (unpaired) electrons. The maximum Gasteiger partial charge on any atom is 0.129 e. The SMILES string of the molecule is COc1c(C(C)(C)C)cc(C#Cc2ccc(C#Cc3ccc(C#C[Si](C)(C)C)cc3)cc2)cc1C(C)(C)C. The summed E-state index contributed by atoms with van der Waals surface area (Å²) in [7, 11) is 0.387. The predicted molar refractivity (Wildman–Crippen MR) is 165 cm³/mol. The van der Waals surface area contributed by atoms with Gasteiger partial charge in [0.2, 0.25) is 0 Å². The maximum atomic E-state index is 5.88. The van der Waals surface area contributed by atoms with Crippen LogP contribution in [0.1, 0.15) is 80.5 Å². The van der Waals surface area contributed by atoms with E-state index >= 15 is 0 Å². The highest BCUT2D eigenvalue weighted by atomic mass is 28.3. The zero-order chi connectivity index (χ0) is 28.1. The summed E-state index contributed by atoms with van der Waals surface area (Å²) in [6.45, 7) is 20.0. The van der Waals surface area contributed by atoms with Gasteiger partial charge in [0.05, 0.1) is 7.11 Å². The van der Waals surface area contributed by atoms with Crippen LogP contribution in [0.25, 0.3) is 0 Å². The van der Waals surface area contributed by atoms with Crippen molar-refractivity contribution in [2.75, 3.05) is 7.11 Å². The average molecular weight is 517 g/mol. The molecule has 38 heavy (non-hydrogen) atoms. The van der Waals surface area contributed by atoms with Gasteiger partial charge in [0, 0.05) is 38.9 Å². The smallest absolute Gasteiger partial charge is 0.129 e. The second-order valence-corrected chi connectivity index (χ2v) is 17.5. The number of ether oxygens (including phenoxy) is 1. The lowest BCUT2D eigenvalue weighted by atomic mass is 9.78. The van der Waals surface area contributed by atoms with Crippen LogP contribution in [0.15, 0.2) is 60.7 Å². The Balaban J connectivity index is 1.83. The molecular weight excluding hydrogens is 476 g/mol. The Hall–Kier alpha value is -3.64. The standard InChI is InChI=1S/C36H40OSi/c1-35(2,3)32-25-31(26-33(34(32)37-7)36(4,5)6)22-21-29-15-13-27(14-16-29)11-12-28-17-19-30(20-18-28)23-24-38(8,9)10/h13-20,25-26H,1-10H3. The van der Waals surface area contributed by atoms with Gasteiger partial charge in [-0.05, 0) is 71.5 Å². The van der Waals surface area contributed by atoms with E-state index in [1.807, 2.05) is 48.5 Å². The molecule has 0 fully saturated rings. The Morgan fingerprint density at radius 2 is 0.842 bits per heavy atom. The van der Waals surface area contributed by atoms with Crippen molar-refractivity contribution >= 4 is 8.07 Å². The minimum atomic E-state index is -1.37. The van der Waals surface area contributed by atoms with Crippen molar-refractivity contribution in [1.29, 1.82) is 0 Å². The summed E-state index contributed by atoms with van der Waals surface area (Å²) in [4.78, 5) is 0. The fourth-order valence-electron chi connectivity index (χ4n) is 3.86. The summed E-state index contributed by atoms with van der Waals surface area (Å²) in [6, 6.07) is 20.6. The molecule has 3 rings (SSSR count). The molecule has 194 valence electrons. The van der Waals surface area contributed by atoms with Crippen LogP contribution < -0.4 is 4.74 Å². The van der Waals surface area contributed by atoms with Gasteiger partial charge in [0.1, 0.15) is 13.8 Å². The minimum absolute atomic E-state index is 0.0505. The van der Waals surface area contributed by atoms with Crippen LogP contribution >= 0.6 is 0 Å². The summed E-state index contributed by atoms with van der Waals surface area (Å²) < 4.78 is 5.88. The molecule has 0 bridgehead atoms. The fraction of sp³-hybridized carbons (Fsp3) is 0.333. The number of methoxy groups -OCH3 is 1. The van der Waals surface area contributed by atoms with Gasteiger partial charge in [-0.15, -0.1) is 5.54 Å². The molecule has 3 aromatic carbocycles. The van der Waals surface area contributed by atoms with Crippen LogP contribution in [0.2, 0.25) is 19.6 Å². The minimum Gasteiger partial charge on any atom is -0.496 e. The summed E-state index contributed by atoms with van der Waals surface area (Å²) in [5.41, 5.74) is 10.6. The van der Waals surface area contributed by atoms with E-state index in [2.05, 4.69) is 108 Å². The monoisotopic (exact) mass is 516 g/mol. The van der Waals surface area contributed by atoms with E-state index in [1.165, 1.54) is 11.1 Å². The molecule has 2 heteroatoms. The van der Waals surface area contributed by atoms with Crippen molar-refractivity contribution in [2.45, 2.75) is 72.0 Å². The summed E-state index contributed by atoms with van der Waals surface area (Å²) in [5.74, 6) is 17.5. The van der Waals surface area contributed by atoms with Gasteiger partial charge < -0.3 is 4.74 Å². The Bertz CT molecular complexity index is 1430. The fourth-order valence-corrected chi connectivity index (χ4v) is 4.38. The van der Waals surface area contributed by atoms with Crippen molar-refractivity contribution in [2.24, 2.45) is 0 Å². The van der Waals surface area contributed by atoms with E-state index in [0.717, 1.165) is 33.6 Å². The highest BCUT2D eigenvalue weighted by molar-refractivity contribution is 6.83. The van der Waals surface area contributed by atoms with Gasteiger partial charge in [-0.1, -0.05) is 90.8 Å². The first kappa shape index (κ1) is 28.9. The van der Waals surface area contributed by atoms with Crippen LogP contribution in [0.5, 0.6) is 5.75 Å². The van der Waals surface area contributed by atoms with Gasteiger partial charge >= 0.3 is 0 Å². The lowest BCUT2D eigenvalue weighted by molar-refractivity contribution is 0.381. The predicted octanol–water partition coefficient (Wildman–Crippen LogP) is 8.32. The van der Waals surface area contributed by atoms with Crippen molar-refractivity contribution in [3.8, 4) is 40.9 Å². The summed E-state index contributed by atoms with van der Waals surface area (Å²) in [6.07, 6.45) is 0. The van der Waals surface area contributed by atoms with Gasteiger partial charge in [0.25, 0.3) is 0 Å². The second kappa shape index (κ2) is 11.4. The molecule has 0 aromatic heterocycles. The Kier molecular flexibility index (Phi) is 8.67. The maximum absolute atomic E-state index is 5.88. The van der Waals surface area contributed by atoms with Crippen molar-refractivity contribution in [1.82, 2.24) is 0 Å². The molecule has 0 aliphatic carbocycles. The van der Waals surface area contributed by atoms with Crippen LogP contribution in [-0.2, 0) is 10.8 Å². The van der Waals surface area contributed by atoms with E-state index in [9.17, 15) is 0 Å². The third-order valence-corrected chi connectivity index (χ3v) is 6.84. The van der Waals surface area contributed by atoms with Gasteiger partial charge in [-0.2, -0.15) is 0 Å². The van der Waals surface area contributed by atoms with Crippen molar-refractivity contribution in [3.63, 3.8) is 0 Å². The highest BCUT2D eigenvalue weighted by Crippen LogP contribution is 2.40. The number of benzene rings is 3. The van der Waals surface area contributed by atoms with E-state index in [-0.39, 0.29) is 10.8 Å². The van der Waals surface area contributed by atoms with Gasteiger partial charge in [0.15, 0.2) is 0 Å². The molecule has 1 nitrogen and oxygen atoms in total. The molecule has 3 aromatic rings. The molecule has 0 heterocycles. The number of hydrogen-bond donors (Lipinski definition) is 0. The van der Waals surface area contributed by atoms with Crippen molar-refractivity contribution < 1.29 is 4.74 Å². The Labute approximate surface area is 232 Å². The lowest BCUT2D eigenvalue weighted by Crippen LogP contribution is -2.19. The number of hydrogen-bond acceptors (Lipinski definition) is 1. The Morgan fingerprint density at radius 3 is 1.13 bits per heavy atom. The molecule has 0 aliphatic rings. The molecule has 0 N–H and O–H groups in total. The van der Waals surface area contributed by atoms with E-state index in [0.29, 0.717) is 0 Å². The first-order valence-corrected chi connectivity index (χ1v) is 16.7. The van der Waals surface area contributed by atoms with E-state index in [1.54, 1.807) is 7.11 Å². The van der Waals surface area contributed by atoms with Crippen LogP contribution in [0.4, 0.5) is 0 Å². The second-order valence-electron chi connectivity index (χ2n) is 12.8. The van der Waals surface area contributed by atoms with Crippen molar-refractivity contribution in [3.05, 3.63) is 99.6 Å². The quantitative estimate of drug-likeness (QED) is 0.233. The zero-order valence-corrected chi connectivity index (χ0v) is 25.7. The van der Waals surface area contributed by atoms with E-state index < -0.39 is 8.07 Å². The molecule has 0 spiro atoms. The van der Waals surface area contributed by atoms with Crippen LogP contribution in [-0.4, -0.2) is 15.2 Å². The largest absolute Gasteiger partial charge is 0.496 e. The third-order valence-electron chi connectivity index (χ3n) is 5.96. The molecule has 0 atom stereocenters. The van der Waals surface area contributed by atoms with Gasteiger partial charge in [-0.25, -0.2) is 0 Å². The van der Waals surface area contributed by atoms with Crippen LogP contribution in [0, 0.1) is 35.1 Å².